The molecule has 0 radical (unpaired) electrons. The SMILES string of the molecule is Cc1ccc(-c2c(-c3ccc4sc5ccc(C(C)C)cc5c(=O)c4c3)cc3c(c2-c2ccc(C)cc2)Cc2ccccc2-3)cc1. The molecule has 1 aromatic heterocycles. The normalized spacial score (nSPS) is 12.2. The van der Waals surface area contributed by atoms with E-state index in [1.807, 2.05) is 0 Å². The number of hydrogen-bond acceptors (Lipinski definition) is 2. The lowest BCUT2D eigenvalue weighted by Gasteiger charge is -2.21. The van der Waals surface area contributed by atoms with E-state index in [1.54, 1.807) is 11.3 Å². The van der Waals surface area contributed by atoms with Crippen molar-refractivity contribution in [2.24, 2.45) is 0 Å². The van der Waals surface area contributed by atoms with Crippen molar-refractivity contribution in [3.8, 4) is 44.5 Å². The molecule has 1 nitrogen and oxygen atoms in total. The Balaban J connectivity index is 1.47. The van der Waals surface area contributed by atoms with Crippen molar-refractivity contribution < 1.29 is 0 Å². The zero-order valence-corrected chi connectivity index (χ0v) is 26.9. The van der Waals surface area contributed by atoms with Crippen molar-refractivity contribution in [2.75, 3.05) is 0 Å². The molecule has 218 valence electrons. The molecule has 0 atom stereocenters. The Hall–Kier alpha value is -4.79. The Labute approximate surface area is 268 Å². The van der Waals surface area contributed by atoms with Crippen LogP contribution in [0.5, 0.6) is 0 Å². The van der Waals surface area contributed by atoms with Crippen LogP contribution in [0.3, 0.4) is 0 Å². The highest BCUT2D eigenvalue weighted by atomic mass is 32.1. The van der Waals surface area contributed by atoms with E-state index in [-0.39, 0.29) is 5.43 Å². The average Bonchev–Trinajstić information content (AvgIpc) is 3.43. The van der Waals surface area contributed by atoms with E-state index < -0.39 is 0 Å². The number of aryl methyl sites for hydroxylation is 2. The predicted octanol–water partition coefficient (Wildman–Crippen LogP) is 11.7. The summed E-state index contributed by atoms with van der Waals surface area (Å²) in [6.45, 7) is 8.64. The van der Waals surface area contributed by atoms with Gasteiger partial charge in [0, 0.05) is 20.2 Å². The molecule has 0 amide bonds. The second kappa shape index (κ2) is 10.7. The van der Waals surface area contributed by atoms with Crippen LogP contribution in [-0.4, -0.2) is 0 Å². The summed E-state index contributed by atoms with van der Waals surface area (Å²) in [6.07, 6.45) is 0.905. The smallest absolute Gasteiger partial charge is 0.195 e. The van der Waals surface area contributed by atoms with Gasteiger partial charge in [0.25, 0.3) is 0 Å². The van der Waals surface area contributed by atoms with Crippen LogP contribution < -0.4 is 5.43 Å². The average molecular weight is 599 g/mol. The Morgan fingerprint density at radius 1 is 0.578 bits per heavy atom. The minimum Gasteiger partial charge on any atom is -0.289 e. The first kappa shape index (κ1) is 27.7. The molecule has 2 heteroatoms. The molecule has 1 aliphatic carbocycles. The maximum absolute atomic E-state index is 14.1. The van der Waals surface area contributed by atoms with Crippen LogP contribution in [0.25, 0.3) is 64.7 Å². The second-order valence-electron chi connectivity index (χ2n) is 12.8. The van der Waals surface area contributed by atoms with Gasteiger partial charge in [0.05, 0.1) is 0 Å². The standard InChI is InChI=1S/C43H34OS/c1-25(2)30-17-19-39-37(21-30)43(44)38-23-32(18-20-40(38)45-39)34-24-35-33-8-6-5-7-31(33)22-36(35)42(29-15-11-27(4)12-16-29)41(34)28-13-9-26(3)10-14-28/h5-21,23-25H,22H2,1-4H3. The Kier molecular flexibility index (Phi) is 6.58. The van der Waals surface area contributed by atoms with Gasteiger partial charge in [-0.05, 0) is 118 Å². The summed E-state index contributed by atoms with van der Waals surface area (Å²) in [5, 5.41) is 1.61. The zero-order chi connectivity index (χ0) is 30.8. The summed E-state index contributed by atoms with van der Waals surface area (Å²) in [4.78, 5) is 14.1. The summed E-state index contributed by atoms with van der Waals surface area (Å²) < 4.78 is 2.07. The Morgan fingerprint density at radius 2 is 1.18 bits per heavy atom. The van der Waals surface area contributed by atoms with E-state index >= 15 is 0 Å². The molecule has 45 heavy (non-hydrogen) atoms. The summed E-state index contributed by atoms with van der Waals surface area (Å²) in [7, 11) is 0. The minimum absolute atomic E-state index is 0.116. The fraction of sp³-hybridized carbons (Fsp3) is 0.140. The number of rotatable bonds is 4. The quantitative estimate of drug-likeness (QED) is 0.184. The van der Waals surface area contributed by atoms with Crippen LogP contribution in [0.15, 0.2) is 120 Å². The van der Waals surface area contributed by atoms with Crippen molar-refractivity contribution in [2.45, 2.75) is 40.0 Å². The fourth-order valence-corrected chi connectivity index (χ4v) is 7.99. The lowest BCUT2D eigenvalue weighted by atomic mass is 9.82. The summed E-state index contributed by atoms with van der Waals surface area (Å²) >= 11 is 1.70. The van der Waals surface area contributed by atoms with E-state index in [9.17, 15) is 4.79 Å². The molecule has 0 saturated heterocycles. The molecular formula is C43H34OS. The Bertz CT molecular complexity index is 2340. The molecule has 1 aliphatic rings. The predicted molar refractivity (Wildman–Crippen MR) is 194 cm³/mol. The van der Waals surface area contributed by atoms with Gasteiger partial charge in [0.2, 0.25) is 0 Å². The molecule has 0 unspecified atom stereocenters. The third kappa shape index (κ3) is 4.64. The third-order valence-electron chi connectivity index (χ3n) is 9.46. The lowest BCUT2D eigenvalue weighted by molar-refractivity contribution is 0.869. The maximum Gasteiger partial charge on any atom is 0.195 e. The van der Waals surface area contributed by atoms with E-state index in [0.29, 0.717) is 5.92 Å². The van der Waals surface area contributed by atoms with Crippen molar-refractivity contribution >= 4 is 31.5 Å². The van der Waals surface area contributed by atoms with Gasteiger partial charge in [0.1, 0.15) is 0 Å². The number of fused-ring (bicyclic) bond motifs is 5. The van der Waals surface area contributed by atoms with Crippen molar-refractivity contribution in [3.05, 3.63) is 153 Å². The van der Waals surface area contributed by atoms with E-state index in [0.717, 1.165) is 37.7 Å². The molecule has 0 saturated carbocycles. The molecule has 0 spiro atoms. The Morgan fingerprint density at radius 3 is 1.87 bits per heavy atom. The lowest BCUT2D eigenvalue weighted by Crippen LogP contribution is -2.03. The van der Waals surface area contributed by atoms with Crippen LogP contribution in [0, 0.1) is 13.8 Å². The molecule has 0 bridgehead atoms. The molecule has 8 rings (SSSR count). The molecule has 0 fully saturated rings. The third-order valence-corrected chi connectivity index (χ3v) is 10.6. The van der Waals surface area contributed by atoms with Gasteiger partial charge >= 0.3 is 0 Å². The monoisotopic (exact) mass is 598 g/mol. The van der Waals surface area contributed by atoms with Crippen LogP contribution in [-0.2, 0) is 6.42 Å². The van der Waals surface area contributed by atoms with Gasteiger partial charge in [-0.2, -0.15) is 0 Å². The maximum atomic E-state index is 14.1. The van der Waals surface area contributed by atoms with Crippen LogP contribution in [0.1, 0.15) is 47.6 Å². The summed E-state index contributed by atoms with van der Waals surface area (Å²) in [5.41, 5.74) is 16.3. The molecule has 6 aromatic carbocycles. The van der Waals surface area contributed by atoms with E-state index in [2.05, 4.69) is 143 Å². The highest BCUT2D eigenvalue weighted by Gasteiger charge is 2.27. The number of hydrogen-bond donors (Lipinski definition) is 0. The molecule has 1 heterocycles. The highest BCUT2D eigenvalue weighted by Crippen LogP contribution is 2.50. The topological polar surface area (TPSA) is 17.1 Å². The first-order chi connectivity index (χ1) is 21.9. The van der Waals surface area contributed by atoms with Crippen LogP contribution in [0.2, 0.25) is 0 Å². The zero-order valence-electron chi connectivity index (χ0n) is 26.1. The fourth-order valence-electron chi connectivity index (χ4n) is 6.96. The highest BCUT2D eigenvalue weighted by molar-refractivity contribution is 7.24. The van der Waals surface area contributed by atoms with Crippen LogP contribution >= 0.6 is 11.3 Å². The summed E-state index contributed by atoms with van der Waals surface area (Å²) in [6, 6.07) is 42.0. The first-order valence-corrected chi connectivity index (χ1v) is 16.6. The van der Waals surface area contributed by atoms with Gasteiger partial charge < -0.3 is 0 Å². The molecule has 0 N–H and O–H groups in total. The van der Waals surface area contributed by atoms with Crippen LogP contribution in [0.4, 0.5) is 0 Å². The van der Waals surface area contributed by atoms with Gasteiger partial charge in [-0.3, -0.25) is 4.79 Å². The van der Waals surface area contributed by atoms with E-state index in [1.165, 1.54) is 61.2 Å². The molecular weight excluding hydrogens is 565 g/mol. The van der Waals surface area contributed by atoms with E-state index in [4.69, 9.17) is 0 Å². The number of benzene rings is 6. The van der Waals surface area contributed by atoms with Gasteiger partial charge in [0.15, 0.2) is 5.43 Å². The van der Waals surface area contributed by atoms with Crippen molar-refractivity contribution in [3.63, 3.8) is 0 Å². The van der Waals surface area contributed by atoms with Gasteiger partial charge in [-0.15, -0.1) is 11.3 Å². The minimum atomic E-state index is 0.116. The van der Waals surface area contributed by atoms with Crippen molar-refractivity contribution in [1.82, 2.24) is 0 Å². The second-order valence-corrected chi connectivity index (χ2v) is 13.9. The molecule has 7 aromatic rings. The van der Waals surface area contributed by atoms with Gasteiger partial charge in [-0.1, -0.05) is 110 Å². The van der Waals surface area contributed by atoms with Gasteiger partial charge in [-0.25, -0.2) is 0 Å². The first-order valence-electron chi connectivity index (χ1n) is 15.8. The molecule has 0 aliphatic heterocycles. The largest absolute Gasteiger partial charge is 0.289 e. The van der Waals surface area contributed by atoms with Crippen molar-refractivity contribution in [1.29, 1.82) is 0 Å². The summed E-state index contributed by atoms with van der Waals surface area (Å²) in [5.74, 6) is 0.368.